The van der Waals surface area contributed by atoms with Gasteiger partial charge in [-0.25, -0.2) is 14.2 Å². The molecule has 4 aromatic rings. The van der Waals surface area contributed by atoms with Crippen molar-refractivity contribution in [2.75, 3.05) is 0 Å². The van der Waals surface area contributed by atoms with E-state index in [2.05, 4.69) is 14.7 Å². The van der Waals surface area contributed by atoms with Crippen molar-refractivity contribution in [3.05, 3.63) is 67.2 Å². The fourth-order valence-corrected chi connectivity index (χ4v) is 3.89. The van der Waals surface area contributed by atoms with Gasteiger partial charge in [-0.15, -0.1) is 0 Å². The van der Waals surface area contributed by atoms with Gasteiger partial charge in [0.15, 0.2) is 5.75 Å². The molecule has 10 nitrogen and oxygen atoms in total. The molecule has 0 atom stereocenters. The van der Waals surface area contributed by atoms with Crippen LogP contribution >= 0.6 is 23.2 Å². The standard InChI is InChI=1S/C20H17Cl2N5O5/c1-20(2,3)27-14-8-10(4-5-13(14)24-18(27)29)31-15-11(21)6-9(7-12(15)22)26-17(16(23)28)25-32-19(26)30/h4-8H,1-3H3,(H2,23,28)(H,24,29). The summed E-state index contributed by atoms with van der Waals surface area (Å²) in [5.74, 6) is -1.81. The Hall–Kier alpha value is -3.50. The molecular formula is C20H17Cl2N5O5. The second-order valence-electron chi connectivity index (χ2n) is 7.93. The highest BCUT2D eigenvalue weighted by Crippen LogP contribution is 2.39. The summed E-state index contributed by atoms with van der Waals surface area (Å²) in [5, 5.41) is 3.46. The predicted octanol–water partition coefficient (Wildman–Crippen LogP) is 3.42. The fraction of sp³-hybridized carbons (Fsp3) is 0.200. The van der Waals surface area contributed by atoms with E-state index in [0.717, 1.165) is 4.57 Å². The van der Waals surface area contributed by atoms with Gasteiger partial charge in [-0.1, -0.05) is 23.2 Å². The molecule has 166 valence electrons. The molecule has 12 heteroatoms. The monoisotopic (exact) mass is 477 g/mol. The zero-order valence-corrected chi connectivity index (χ0v) is 18.6. The van der Waals surface area contributed by atoms with Crippen LogP contribution in [-0.4, -0.2) is 25.2 Å². The van der Waals surface area contributed by atoms with E-state index in [4.69, 9.17) is 33.7 Å². The Morgan fingerprint density at radius 3 is 2.41 bits per heavy atom. The van der Waals surface area contributed by atoms with Gasteiger partial charge in [0.2, 0.25) is 5.82 Å². The van der Waals surface area contributed by atoms with Gasteiger partial charge < -0.3 is 15.5 Å². The Bertz CT molecular complexity index is 1470. The number of rotatable bonds is 4. The minimum Gasteiger partial charge on any atom is -0.454 e. The Kier molecular flexibility index (Phi) is 5.14. The van der Waals surface area contributed by atoms with Crippen LogP contribution in [-0.2, 0) is 5.54 Å². The lowest BCUT2D eigenvalue weighted by Gasteiger charge is -2.21. The summed E-state index contributed by atoms with van der Waals surface area (Å²) < 4.78 is 12.9. The van der Waals surface area contributed by atoms with Crippen molar-refractivity contribution in [1.82, 2.24) is 19.3 Å². The van der Waals surface area contributed by atoms with Crippen LogP contribution in [0.2, 0.25) is 10.0 Å². The average molecular weight is 478 g/mol. The number of imidazole rings is 1. The molecule has 0 saturated heterocycles. The van der Waals surface area contributed by atoms with Crippen molar-refractivity contribution in [1.29, 1.82) is 0 Å². The van der Waals surface area contributed by atoms with Gasteiger partial charge in [0, 0.05) is 11.6 Å². The molecule has 0 aliphatic carbocycles. The Morgan fingerprint density at radius 1 is 1.16 bits per heavy atom. The number of H-pyrrole nitrogens is 1. The SMILES string of the molecule is CC(C)(C)n1c(=O)[nH]c2ccc(Oc3c(Cl)cc(-n4c(C(N)=O)noc4=O)cc3Cl)cc21. The molecule has 2 aromatic carbocycles. The first-order valence-electron chi connectivity index (χ1n) is 9.28. The Morgan fingerprint density at radius 2 is 1.81 bits per heavy atom. The second kappa shape index (κ2) is 7.57. The van der Waals surface area contributed by atoms with Crippen LogP contribution in [0.5, 0.6) is 11.5 Å². The fourth-order valence-electron chi connectivity index (χ4n) is 3.34. The minimum atomic E-state index is -0.965. The summed E-state index contributed by atoms with van der Waals surface area (Å²) in [6.45, 7) is 5.73. The van der Waals surface area contributed by atoms with Gasteiger partial charge in [-0.3, -0.25) is 13.9 Å². The number of aromatic nitrogens is 4. The van der Waals surface area contributed by atoms with Crippen LogP contribution in [0.4, 0.5) is 0 Å². The maximum absolute atomic E-state index is 12.4. The summed E-state index contributed by atoms with van der Waals surface area (Å²) in [6.07, 6.45) is 0. The summed E-state index contributed by atoms with van der Waals surface area (Å²) in [7, 11) is 0. The Balaban J connectivity index is 1.77. The largest absolute Gasteiger partial charge is 0.454 e. The molecular weight excluding hydrogens is 461 g/mol. The molecule has 0 aliphatic heterocycles. The summed E-state index contributed by atoms with van der Waals surface area (Å²) >= 11 is 12.7. The van der Waals surface area contributed by atoms with Gasteiger partial charge in [0.25, 0.3) is 5.91 Å². The van der Waals surface area contributed by atoms with Crippen LogP contribution in [0, 0.1) is 0 Å². The number of aromatic amines is 1. The van der Waals surface area contributed by atoms with E-state index in [1.165, 1.54) is 12.1 Å². The third-order valence-corrected chi connectivity index (χ3v) is 5.17. The van der Waals surface area contributed by atoms with E-state index >= 15 is 0 Å². The van der Waals surface area contributed by atoms with Gasteiger partial charge in [-0.2, -0.15) is 0 Å². The van der Waals surface area contributed by atoms with Crippen molar-refractivity contribution in [2.24, 2.45) is 5.73 Å². The van der Waals surface area contributed by atoms with Crippen molar-refractivity contribution < 1.29 is 14.1 Å². The predicted molar refractivity (Wildman–Crippen MR) is 118 cm³/mol. The summed E-state index contributed by atoms with van der Waals surface area (Å²) in [6, 6.07) is 7.76. The lowest BCUT2D eigenvalue weighted by molar-refractivity contribution is 0.0985. The smallest absolute Gasteiger partial charge is 0.446 e. The molecule has 3 N–H and O–H groups in total. The molecule has 0 saturated carbocycles. The van der Waals surface area contributed by atoms with Crippen molar-refractivity contribution >= 4 is 40.1 Å². The number of carbonyl (C=O) groups is 1. The first-order chi connectivity index (χ1) is 15.0. The topological polar surface area (TPSA) is 138 Å². The summed E-state index contributed by atoms with van der Waals surface area (Å²) in [5.41, 5.74) is 5.93. The molecule has 0 unspecified atom stereocenters. The molecule has 2 aromatic heterocycles. The number of carbonyl (C=O) groups excluding carboxylic acids is 1. The molecule has 1 amide bonds. The molecule has 2 heterocycles. The average Bonchev–Trinajstić information content (AvgIpc) is 3.23. The van der Waals surface area contributed by atoms with Crippen LogP contribution in [0.15, 0.2) is 44.4 Å². The summed E-state index contributed by atoms with van der Waals surface area (Å²) in [4.78, 5) is 38.6. The van der Waals surface area contributed by atoms with E-state index < -0.39 is 23.0 Å². The number of primary amides is 1. The van der Waals surface area contributed by atoms with E-state index in [9.17, 15) is 14.4 Å². The lowest BCUT2D eigenvalue weighted by Crippen LogP contribution is -2.31. The van der Waals surface area contributed by atoms with Crippen LogP contribution in [0.25, 0.3) is 16.7 Å². The normalized spacial score (nSPS) is 11.8. The highest BCUT2D eigenvalue weighted by atomic mass is 35.5. The molecule has 0 spiro atoms. The lowest BCUT2D eigenvalue weighted by atomic mass is 10.1. The number of halogens is 2. The number of nitrogens with one attached hydrogen (secondary N) is 1. The number of ether oxygens (including phenoxy) is 1. The van der Waals surface area contributed by atoms with Gasteiger partial charge >= 0.3 is 11.4 Å². The van der Waals surface area contributed by atoms with Crippen LogP contribution < -0.4 is 21.9 Å². The van der Waals surface area contributed by atoms with Crippen molar-refractivity contribution in [3.63, 3.8) is 0 Å². The third kappa shape index (κ3) is 3.67. The first-order valence-corrected chi connectivity index (χ1v) is 10.0. The molecule has 0 radical (unpaired) electrons. The van der Waals surface area contributed by atoms with E-state index in [1.54, 1.807) is 22.8 Å². The first kappa shape index (κ1) is 21.7. The number of hydrogen-bond acceptors (Lipinski definition) is 6. The van der Waals surface area contributed by atoms with Gasteiger partial charge in [0.1, 0.15) is 5.75 Å². The highest BCUT2D eigenvalue weighted by Gasteiger charge is 2.22. The van der Waals surface area contributed by atoms with Gasteiger partial charge in [0.05, 0.1) is 26.8 Å². The third-order valence-electron chi connectivity index (χ3n) is 4.61. The number of benzene rings is 2. The van der Waals surface area contributed by atoms with E-state index in [0.29, 0.717) is 16.8 Å². The molecule has 0 fully saturated rings. The maximum atomic E-state index is 12.4. The number of nitrogens with two attached hydrogens (primary N) is 1. The maximum Gasteiger partial charge on any atom is 0.446 e. The number of amides is 1. The Labute approximate surface area is 190 Å². The molecule has 0 bridgehead atoms. The highest BCUT2D eigenvalue weighted by molar-refractivity contribution is 6.37. The second-order valence-corrected chi connectivity index (χ2v) is 8.74. The number of hydrogen-bond donors (Lipinski definition) is 2. The molecule has 0 aliphatic rings. The zero-order valence-electron chi connectivity index (χ0n) is 17.1. The van der Waals surface area contributed by atoms with Crippen LogP contribution in [0.3, 0.4) is 0 Å². The van der Waals surface area contributed by atoms with Crippen molar-refractivity contribution in [3.8, 4) is 17.2 Å². The quantitative estimate of drug-likeness (QED) is 0.461. The van der Waals surface area contributed by atoms with Crippen LogP contribution in [0.1, 0.15) is 31.4 Å². The molecule has 4 rings (SSSR count). The van der Waals surface area contributed by atoms with E-state index in [1.807, 2.05) is 20.8 Å². The zero-order chi connectivity index (χ0) is 23.4. The van der Waals surface area contributed by atoms with Gasteiger partial charge in [-0.05, 0) is 50.2 Å². The van der Waals surface area contributed by atoms with E-state index in [-0.39, 0.29) is 27.2 Å². The minimum absolute atomic E-state index is 0.0541. The molecule has 32 heavy (non-hydrogen) atoms. The number of fused-ring (bicyclic) bond motifs is 1. The number of nitrogens with zero attached hydrogens (tertiary/aromatic N) is 3. The van der Waals surface area contributed by atoms with Crippen molar-refractivity contribution in [2.45, 2.75) is 26.3 Å².